The van der Waals surface area contributed by atoms with Crippen LogP contribution in [-0.4, -0.2) is 57.7 Å². The quantitative estimate of drug-likeness (QED) is 0.173. The number of amides is 2. The molecule has 0 radical (unpaired) electrons. The summed E-state index contributed by atoms with van der Waals surface area (Å²) in [6.45, 7) is 0.221. The zero-order chi connectivity index (χ0) is 24.7. The predicted octanol–water partition coefficient (Wildman–Crippen LogP) is -1.25. The number of hydrogen-bond acceptors (Lipinski definition) is 11. The number of oxime groups is 1. The van der Waals surface area contributed by atoms with Gasteiger partial charge < -0.3 is 34.6 Å². The Morgan fingerprint density at radius 3 is 2.97 bits per heavy atom. The zero-order valence-corrected chi connectivity index (χ0v) is 19.0. The number of hydrogen-bond donors (Lipinski definition) is 2. The number of carbonyl (C=O) groups is 3. The van der Waals surface area contributed by atoms with E-state index in [0.29, 0.717) is 16.9 Å². The van der Waals surface area contributed by atoms with Crippen LogP contribution in [0.1, 0.15) is 5.69 Å². The molecule has 2 aliphatic heterocycles. The standard InChI is InChI=1S/C21H18N6O7S/c1-32-25-14(12-8-34-21(22)23-12)17(28)24-15-18(29)27-16(20(30)31)11(9-35-19(15)27)6-26-4-2-10-3-5-33-13(10)7-26/h2-5,7-8,15,19H,6,9H2,1H3,(H3-,22,23,24,28,30,31)/b25-14+. The summed E-state index contributed by atoms with van der Waals surface area (Å²) in [6, 6.07) is 2.51. The molecule has 13 nitrogen and oxygen atoms in total. The minimum absolute atomic E-state index is 0.0185. The fourth-order valence-corrected chi connectivity index (χ4v) is 5.29. The summed E-state index contributed by atoms with van der Waals surface area (Å²) >= 11 is 1.32. The Labute approximate surface area is 201 Å². The maximum absolute atomic E-state index is 12.9. The van der Waals surface area contributed by atoms with E-state index in [4.69, 9.17) is 19.4 Å². The number of nitrogens with one attached hydrogen (secondary N) is 1. The van der Waals surface area contributed by atoms with E-state index < -0.39 is 29.2 Å². The maximum atomic E-state index is 12.9. The second-order valence-electron chi connectivity index (χ2n) is 7.65. The van der Waals surface area contributed by atoms with Gasteiger partial charge in [0.1, 0.15) is 30.5 Å². The van der Waals surface area contributed by atoms with Gasteiger partial charge in [0.2, 0.25) is 6.20 Å². The average molecular weight is 498 g/mol. The van der Waals surface area contributed by atoms with Crippen molar-refractivity contribution in [1.29, 1.82) is 0 Å². The first-order valence-electron chi connectivity index (χ1n) is 10.2. The third kappa shape index (κ3) is 3.97. The summed E-state index contributed by atoms with van der Waals surface area (Å²) in [5.74, 6) is -2.50. The molecule has 0 spiro atoms. The lowest BCUT2D eigenvalue weighted by Gasteiger charge is -2.50. The number of anilines is 1. The van der Waals surface area contributed by atoms with E-state index in [0.717, 1.165) is 16.5 Å². The Kier molecular flexibility index (Phi) is 5.64. The van der Waals surface area contributed by atoms with Crippen LogP contribution in [0.4, 0.5) is 6.01 Å². The van der Waals surface area contributed by atoms with Crippen LogP contribution in [0.3, 0.4) is 0 Å². The van der Waals surface area contributed by atoms with Crippen molar-refractivity contribution in [1.82, 2.24) is 15.2 Å². The molecule has 2 aliphatic rings. The lowest BCUT2D eigenvalue weighted by atomic mass is 10.0. The minimum atomic E-state index is -1.47. The number of carbonyl (C=O) groups excluding carboxylic acids is 3. The van der Waals surface area contributed by atoms with E-state index in [1.54, 1.807) is 23.2 Å². The number of nitrogens with zero attached hydrogens (tertiary/aromatic N) is 4. The largest absolute Gasteiger partial charge is 0.543 e. The monoisotopic (exact) mass is 498 g/mol. The third-order valence-corrected chi connectivity index (χ3v) is 6.86. The number of thioether (sulfide) groups is 1. The lowest BCUT2D eigenvalue weighted by molar-refractivity contribution is -0.688. The Bertz CT molecular complexity index is 1410. The fourth-order valence-electron chi connectivity index (χ4n) is 3.96. The summed E-state index contributed by atoms with van der Waals surface area (Å²) in [5, 5.41) is 18.5. The molecule has 0 aromatic carbocycles. The number of nitrogens with two attached hydrogens (primary N) is 1. The number of β-lactam (4-membered cyclic amide) rings is 1. The molecule has 35 heavy (non-hydrogen) atoms. The highest BCUT2D eigenvalue weighted by atomic mass is 32.2. The van der Waals surface area contributed by atoms with Gasteiger partial charge in [-0.3, -0.25) is 14.5 Å². The van der Waals surface area contributed by atoms with E-state index in [2.05, 4.69) is 15.5 Å². The molecule has 2 atom stereocenters. The van der Waals surface area contributed by atoms with Crippen molar-refractivity contribution in [3.63, 3.8) is 0 Å². The van der Waals surface area contributed by atoms with Gasteiger partial charge in [0.25, 0.3) is 17.8 Å². The van der Waals surface area contributed by atoms with Crippen LogP contribution in [0.2, 0.25) is 0 Å². The molecule has 2 amide bonds. The van der Waals surface area contributed by atoms with E-state index in [-0.39, 0.29) is 29.7 Å². The number of fused-ring (bicyclic) bond motifs is 2. The number of oxazole rings is 1. The molecule has 3 aromatic rings. The van der Waals surface area contributed by atoms with Crippen LogP contribution in [-0.2, 0) is 25.8 Å². The minimum Gasteiger partial charge on any atom is -0.543 e. The number of furan rings is 1. The van der Waals surface area contributed by atoms with Gasteiger partial charge in [0, 0.05) is 22.8 Å². The van der Waals surface area contributed by atoms with Gasteiger partial charge in [-0.2, -0.15) is 9.55 Å². The molecular formula is C21H18N6O7S. The number of aromatic nitrogens is 2. The lowest BCUT2D eigenvalue weighted by Crippen LogP contribution is -2.71. The summed E-state index contributed by atoms with van der Waals surface area (Å²) in [6.07, 6.45) is 6.23. The van der Waals surface area contributed by atoms with Crippen molar-refractivity contribution in [2.45, 2.75) is 18.0 Å². The van der Waals surface area contributed by atoms with Gasteiger partial charge in [0.15, 0.2) is 24.0 Å². The van der Waals surface area contributed by atoms with E-state index in [1.165, 1.54) is 18.9 Å². The Morgan fingerprint density at radius 1 is 1.43 bits per heavy atom. The number of pyridine rings is 1. The fraction of sp³-hybridized carbons (Fsp3) is 0.238. The highest BCUT2D eigenvalue weighted by Gasteiger charge is 2.53. The van der Waals surface area contributed by atoms with Gasteiger partial charge in [-0.1, -0.05) is 5.16 Å². The van der Waals surface area contributed by atoms with Crippen LogP contribution in [0, 0.1) is 0 Å². The first-order chi connectivity index (χ1) is 16.9. The van der Waals surface area contributed by atoms with Crippen LogP contribution in [0.15, 0.2) is 62.3 Å². The molecule has 180 valence electrons. The normalized spacial score (nSPS) is 20.0. The molecule has 1 fully saturated rings. The van der Waals surface area contributed by atoms with Gasteiger partial charge in [-0.15, -0.1) is 11.8 Å². The first kappa shape index (κ1) is 22.5. The molecular weight excluding hydrogens is 480 g/mol. The second kappa shape index (κ2) is 8.79. The number of carboxylic acids is 1. The Balaban J connectivity index is 1.36. The molecule has 3 N–H and O–H groups in total. The van der Waals surface area contributed by atoms with Crippen LogP contribution >= 0.6 is 11.8 Å². The van der Waals surface area contributed by atoms with Gasteiger partial charge in [-0.25, -0.2) is 0 Å². The van der Waals surface area contributed by atoms with Gasteiger partial charge in [-0.05, 0) is 6.07 Å². The van der Waals surface area contributed by atoms with Crippen LogP contribution in [0.25, 0.3) is 11.0 Å². The summed E-state index contributed by atoms with van der Waals surface area (Å²) in [4.78, 5) is 47.4. The summed E-state index contributed by atoms with van der Waals surface area (Å²) in [5.41, 5.74) is 6.17. The maximum Gasteiger partial charge on any atom is 0.292 e. The number of aliphatic carboxylic acids is 1. The van der Waals surface area contributed by atoms with Crippen molar-refractivity contribution in [3.8, 4) is 0 Å². The third-order valence-electron chi connectivity index (χ3n) is 5.52. The second-order valence-corrected chi connectivity index (χ2v) is 8.76. The smallest absolute Gasteiger partial charge is 0.292 e. The highest BCUT2D eigenvalue weighted by molar-refractivity contribution is 8.00. The molecule has 2 unspecified atom stereocenters. The Morgan fingerprint density at radius 2 is 2.26 bits per heavy atom. The van der Waals surface area contributed by atoms with E-state index >= 15 is 0 Å². The molecule has 1 saturated heterocycles. The van der Waals surface area contributed by atoms with Crippen molar-refractivity contribution in [2.24, 2.45) is 5.16 Å². The first-order valence-corrected chi connectivity index (χ1v) is 11.3. The topological polar surface area (TPSA) is 180 Å². The highest BCUT2D eigenvalue weighted by Crippen LogP contribution is 2.40. The molecule has 5 rings (SSSR count). The zero-order valence-electron chi connectivity index (χ0n) is 18.2. The van der Waals surface area contributed by atoms with E-state index in [1.807, 2.05) is 12.1 Å². The number of nitrogen functional groups attached to an aromatic ring is 1. The van der Waals surface area contributed by atoms with E-state index in [9.17, 15) is 19.5 Å². The molecule has 0 saturated carbocycles. The van der Waals surface area contributed by atoms with Crippen molar-refractivity contribution in [3.05, 3.63) is 54.0 Å². The SMILES string of the molecule is CO/N=C(/C(=O)NC1C(=O)N2C(C(=O)[O-])=C(C[n+]3ccc4ccoc4c3)CSC12)c1coc(N)n1. The Hall–Kier alpha value is -4.33. The van der Waals surface area contributed by atoms with Crippen LogP contribution < -0.4 is 20.7 Å². The van der Waals surface area contributed by atoms with Gasteiger partial charge >= 0.3 is 0 Å². The van der Waals surface area contributed by atoms with Crippen molar-refractivity contribution in [2.75, 3.05) is 18.6 Å². The molecule has 3 aromatic heterocycles. The van der Waals surface area contributed by atoms with Crippen LogP contribution in [0.5, 0.6) is 0 Å². The summed E-state index contributed by atoms with van der Waals surface area (Å²) in [7, 11) is 1.24. The molecule has 0 aliphatic carbocycles. The number of carboxylic acid groups (broad SMARTS) is 1. The van der Waals surface area contributed by atoms with Crippen molar-refractivity contribution < 1.29 is 37.7 Å². The molecule has 5 heterocycles. The molecule has 14 heteroatoms. The summed E-state index contributed by atoms with van der Waals surface area (Å²) < 4.78 is 12.1. The van der Waals surface area contributed by atoms with Crippen molar-refractivity contribution >= 4 is 52.2 Å². The number of rotatable bonds is 7. The molecule has 0 bridgehead atoms. The van der Waals surface area contributed by atoms with Gasteiger partial charge in [0.05, 0.1) is 17.9 Å². The predicted molar refractivity (Wildman–Crippen MR) is 118 cm³/mol. The average Bonchev–Trinajstić information content (AvgIpc) is 3.48.